The summed E-state index contributed by atoms with van der Waals surface area (Å²) in [5, 5.41) is 0. The quantitative estimate of drug-likeness (QED) is 0.468. The monoisotopic (exact) mass is 246 g/mol. The van der Waals surface area contributed by atoms with Gasteiger partial charge in [-0.05, 0) is 44.6 Å². The van der Waals surface area contributed by atoms with Crippen LogP contribution in [0.2, 0.25) is 0 Å². The number of hydrogen-bond acceptors (Lipinski definition) is 1. The minimum absolute atomic E-state index is 0.907. The molecule has 17 heavy (non-hydrogen) atoms. The molecule has 0 atom stereocenters. The first-order valence-electron chi connectivity index (χ1n) is 5.85. The minimum Gasteiger partial charge on any atom is -0.0863 e. The van der Waals surface area contributed by atoms with Crippen molar-refractivity contribution in [2.75, 3.05) is 0 Å². The number of thioether (sulfide) groups is 1. The van der Waals surface area contributed by atoms with Gasteiger partial charge in [0.1, 0.15) is 0 Å². The molecule has 0 rings (SSSR count). The molecule has 1 heteroatoms. The highest BCUT2D eigenvalue weighted by molar-refractivity contribution is 8.07. The topological polar surface area (TPSA) is 0 Å². The highest BCUT2D eigenvalue weighted by atomic mass is 32.2. The first kappa shape index (κ1) is 15.9. The van der Waals surface area contributed by atoms with Gasteiger partial charge in [0.05, 0.1) is 4.91 Å². The van der Waals surface area contributed by atoms with E-state index in [0.717, 1.165) is 16.9 Å². The summed E-state index contributed by atoms with van der Waals surface area (Å²) in [6, 6.07) is 0. The zero-order valence-electron chi connectivity index (χ0n) is 11.6. The Balaban J connectivity index is 4.50. The fourth-order valence-electron chi connectivity index (χ4n) is 1.02. The van der Waals surface area contributed by atoms with Crippen molar-refractivity contribution in [1.29, 1.82) is 0 Å². The van der Waals surface area contributed by atoms with E-state index in [9.17, 15) is 0 Å². The molecule has 0 radical (unpaired) electrons. The van der Waals surface area contributed by atoms with Gasteiger partial charge in [0, 0.05) is 0 Å². The fourth-order valence-corrected chi connectivity index (χ4v) is 1.70. The molecule has 0 bridgehead atoms. The average Bonchev–Trinajstić information content (AvgIpc) is 2.30. The molecule has 0 spiro atoms. The zero-order chi connectivity index (χ0) is 13.3. The number of rotatable bonds is 4. The van der Waals surface area contributed by atoms with E-state index < -0.39 is 0 Å². The van der Waals surface area contributed by atoms with E-state index in [1.807, 2.05) is 19.9 Å². The average molecular weight is 246 g/mol. The van der Waals surface area contributed by atoms with Crippen molar-refractivity contribution in [3.63, 3.8) is 0 Å². The molecular weight excluding hydrogens is 224 g/mol. The lowest BCUT2D eigenvalue weighted by Crippen LogP contribution is -1.75. The summed E-state index contributed by atoms with van der Waals surface area (Å²) < 4.78 is 0. The Labute approximate surface area is 111 Å². The summed E-state index contributed by atoms with van der Waals surface area (Å²) in [7, 11) is 0. The van der Waals surface area contributed by atoms with Crippen LogP contribution in [0.1, 0.15) is 41.0 Å². The van der Waals surface area contributed by atoms with E-state index >= 15 is 0 Å². The molecule has 0 aliphatic heterocycles. The largest absolute Gasteiger partial charge is 0.0863 e. The van der Waals surface area contributed by atoms with Gasteiger partial charge in [-0.15, -0.1) is 0 Å². The van der Waals surface area contributed by atoms with E-state index in [1.54, 1.807) is 11.8 Å². The van der Waals surface area contributed by atoms with Crippen LogP contribution in [0.5, 0.6) is 0 Å². The van der Waals surface area contributed by atoms with Gasteiger partial charge in [-0.25, -0.2) is 0 Å². The van der Waals surface area contributed by atoms with Crippen LogP contribution in [-0.4, -0.2) is 0 Å². The van der Waals surface area contributed by atoms with E-state index in [-0.39, 0.29) is 0 Å². The van der Waals surface area contributed by atoms with Crippen molar-refractivity contribution >= 4 is 11.8 Å². The lowest BCUT2D eigenvalue weighted by Gasteiger charge is -2.00. The molecule has 0 aromatic rings. The van der Waals surface area contributed by atoms with Gasteiger partial charge in [0.25, 0.3) is 0 Å². The van der Waals surface area contributed by atoms with Crippen LogP contribution < -0.4 is 0 Å². The molecule has 0 aliphatic carbocycles. The molecule has 0 saturated carbocycles. The van der Waals surface area contributed by atoms with Crippen LogP contribution in [0.4, 0.5) is 0 Å². The molecule has 0 aliphatic rings. The second-order valence-corrected chi connectivity index (χ2v) is 5.20. The SMILES string of the molecule is C=C(C#C/C(C)=C/C=C(C)C)S/C(=C\C)CC. The highest BCUT2D eigenvalue weighted by Crippen LogP contribution is 2.25. The molecule has 0 aromatic heterocycles. The molecule has 0 fully saturated rings. The molecule has 0 unspecified atom stereocenters. The van der Waals surface area contributed by atoms with Gasteiger partial charge in [-0.3, -0.25) is 0 Å². The predicted octanol–water partition coefficient (Wildman–Crippen LogP) is 5.46. The third-order valence-corrected chi connectivity index (χ3v) is 3.13. The summed E-state index contributed by atoms with van der Waals surface area (Å²) in [6.07, 6.45) is 7.26. The van der Waals surface area contributed by atoms with Gasteiger partial charge in [-0.2, -0.15) is 0 Å². The third-order valence-electron chi connectivity index (χ3n) is 1.99. The van der Waals surface area contributed by atoms with Gasteiger partial charge in [0.2, 0.25) is 0 Å². The standard InChI is InChI=1S/C16H22S/c1-7-16(8-2)17-15(6)12-11-14(5)10-9-13(3)4/h7,9-10H,6,8H2,1-5H3/b14-10+,16-7-. The van der Waals surface area contributed by atoms with E-state index in [0.29, 0.717) is 0 Å². The van der Waals surface area contributed by atoms with Crippen LogP contribution >= 0.6 is 11.8 Å². The second-order valence-electron chi connectivity index (χ2n) is 3.98. The van der Waals surface area contributed by atoms with Gasteiger partial charge in [0.15, 0.2) is 0 Å². The summed E-state index contributed by atoms with van der Waals surface area (Å²) in [5.74, 6) is 6.20. The van der Waals surface area contributed by atoms with E-state index in [1.165, 1.54) is 10.5 Å². The minimum atomic E-state index is 0.907. The van der Waals surface area contributed by atoms with Crippen LogP contribution in [0.3, 0.4) is 0 Å². The highest BCUT2D eigenvalue weighted by Gasteiger charge is 1.95. The second kappa shape index (κ2) is 8.96. The summed E-state index contributed by atoms with van der Waals surface area (Å²) in [6.45, 7) is 14.3. The molecule has 92 valence electrons. The van der Waals surface area contributed by atoms with Crippen molar-refractivity contribution in [2.45, 2.75) is 41.0 Å². The maximum absolute atomic E-state index is 3.96. The summed E-state index contributed by atoms with van der Waals surface area (Å²) in [4.78, 5) is 2.22. The van der Waals surface area contributed by atoms with Crippen LogP contribution in [0.15, 0.2) is 45.8 Å². The van der Waals surface area contributed by atoms with Gasteiger partial charge >= 0.3 is 0 Å². The lowest BCUT2D eigenvalue weighted by atomic mass is 10.2. The van der Waals surface area contributed by atoms with Crippen molar-refractivity contribution in [3.05, 3.63) is 45.8 Å². The van der Waals surface area contributed by atoms with Crippen molar-refractivity contribution < 1.29 is 0 Å². The Hall–Kier alpha value is -1.13. The molecular formula is C16H22S. The van der Waals surface area contributed by atoms with Gasteiger partial charge < -0.3 is 0 Å². The van der Waals surface area contributed by atoms with Crippen LogP contribution in [0.25, 0.3) is 0 Å². The first-order valence-corrected chi connectivity index (χ1v) is 6.67. The maximum atomic E-state index is 3.96. The van der Waals surface area contributed by atoms with Crippen LogP contribution in [-0.2, 0) is 0 Å². The summed E-state index contributed by atoms with van der Waals surface area (Å²) >= 11 is 1.66. The van der Waals surface area contributed by atoms with E-state index in [4.69, 9.17) is 0 Å². The summed E-state index contributed by atoms with van der Waals surface area (Å²) in [5.41, 5.74) is 2.34. The molecule has 0 N–H and O–H groups in total. The zero-order valence-corrected chi connectivity index (χ0v) is 12.4. The van der Waals surface area contributed by atoms with E-state index in [2.05, 4.69) is 51.3 Å². The smallest absolute Gasteiger partial charge is 0.0549 e. The lowest BCUT2D eigenvalue weighted by molar-refractivity contribution is 1.19. The molecule has 0 nitrogen and oxygen atoms in total. The molecule has 0 amide bonds. The maximum Gasteiger partial charge on any atom is 0.0549 e. The number of allylic oxidation sites excluding steroid dienone is 7. The van der Waals surface area contributed by atoms with Crippen LogP contribution in [0, 0.1) is 11.8 Å². The molecule has 0 heterocycles. The van der Waals surface area contributed by atoms with Crippen molar-refractivity contribution in [1.82, 2.24) is 0 Å². The Morgan fingerprint density at radius 1 is 1.18 bits per heavy atom. The third kappa shape index (κ3) is 8.65. The molecule has 0 saturated heterocycles. The normalized spacial score (nSPS) is 11.6. The first-order chi connectivity index (χ1) is 7.99. The fraction of sp³-hybridized carbons (Fsp3) is 0.375. The molecule has 0 aromatic carbocycles. The predicted molar refractivity (Wildman–Crippen MR) is 81.7 cm³/mol. The Kier molecular flexibility index (Phi) is 8.36. The van der Waals surface area contributed by atoms with Crippen molar-refractivity contribution in [2.24, 2.45) is 0 Å². The van der Waals surface area contributed by atoms with Gasteiger partial charge in [-0.1, -0.05) is 60.9 Å². The number of hydrogen-bond donors (Lipinski definition) is 0. The Morgan fingerprint density at radius 3 is 2.29 bits per heavy atom. The Bertz CT molecular complexity index is 405. The van der Waals surface area contributed by atoms with Crippen molar-refractivity contribution in [3.8, 4) is 11.8 Å². The Morgan fingerprint density at radius 2 is 1.82 bits per heavy atom.